The van der Waals surface area contributed by atoms with E-state index in [1.807, 2.05) is 30.3 Å². The molecule has 9 heteroatoms. The molecule has 3 aromatic rings. The minimum atomic E-state index is -3.41. The van der Waals surface area contributed by atoms with Gasteiger partial charge in [0.05, 0.1) is 21.2 Å². The Bertz CT molecular complexity index is 1290. The quantitative estimate of drug-likeness (QED) is 0.342. The maximum atomic E-state index is 14.0. The van der Waals surface area contributed by atoms with Gasteiger partial charge in [0.25, 0.3) is 0 Å². The molecule has 6 nitrogen and oxygen atoms in total. The lowest BCUT2D eigenvalue weighted by Crippen LogP contribution is -2.46. The first kappa shape index (κ1) is 24.1. The van der Waals surface area contributed by atoms with Crippen molar-refractivity contribution in [2.75, 3.05) is 18.5 Å². The van der Waals surface area contributed by atoms with Crippen molar-refractivity contribution in [3.63, 3.8) is 0 Å². The molecular formula is C26H26ClFN2O4S. The number of anilines is 2. The Labute approximate surface area is 210 Å². The summed E-state index contributed by atoms with van der Waals surface area (Å²) in [6, 6.07) is 16.7. The van der Waals surface area contributed by atoms with Crippen LogP contribution in [0.2, 0.25) is 5.02 Å². The Balaban J connectivity index is 1.71. The molecule has 0 bridgehead atoms. The number of benzene rings is 3. The van der Waals surface area contributed by atoms with E-state index in [0.29, 0.717) is 39.2 Å². The standard InChI is InChI=1S/C26H26ClFN2O4S/c1-29-24(16-6-5-7-16)15-30(18-8-3-2-4-9-18)23-14-21(27)19(13-25(23)35(29,33)34)17-10-11-22(28)20(12-17)26(31)32/h2-4,8-14,16,24,33-34H,5-7,15H2,1H3,(H,31,32). The van der Waals surface area contributed by atoms with Crippen molar-refractivity contribution in [2.45, 2.75) is 30.2 Å². The number of nitrogens with zero attached hydrogens (tertiary/aromatic N) is 2. The number of carboxylic acids is 1. The lowest BCUT2D eigenvalue weighted by Gasteiger charge is -2.47. The Morgan fingerprint density at radius 1 is 1.09 bits per heavy atom. The van der Waals surface area contributed by atoms with Gasteiger partial charge in [0, 0.05) is 30.9 Å². The summed E-state index contributed by atoms with van der Waals surface area (Å²) < 4.78 is 38.9. The van der Waals surface area contributed by atoms with Gasteiger partial charge in [0.15, 0.2) is 0 Å². The Morgan fingerprint density at radius 2 is 1.80 bits per heavy atom. The van der Waals surface area contributed by atoms with Gasteiger partial charge in [-0.25, -0.2) is 9.18 Å². The van der Waals surface area contributed by atoms with Gasteiger partial charge in [-0.2, -0.15) is 4.31 Å². The van der Waals surface area contributed by atoms with Crippen LogP contribution < -0.4 is 4.90 Å². The minimum absolute atomic E-state index is 0.0898. The number of aromatic carboxylic acids is 1. The topological polar surface area (TPSA) is 84.2 Å². The highest BCUT2D eigenvalue weighted by molar-refractivity contribution is 8.22. The summed E-state index contributed by atoms with van der Waals surface area (Å²) in [5.41, 5.74) is 1.78. The number of carboxylic acid groups (broad SMARTS) is 1. The summed E-state index contributed by atoms with van der Waals surface area (Å²) in [4.78, 5) is 13.9. The number of carbonyl (C=O) groups is 1. The molecule has 0 spiro atoms. The molecule has 0 saturated heterocycles. The molecule has 1 atom stereocenters. The monoisotopic (exact) mass is 516 g/mol. The SMILES string of the molecule is CN1C(C2CCC2)CN(c2ccccc2)c2cc(Cl)c(-c3ccc(F)c(C(=O)O)c3)cc2S1(O)O. The van der Waals surface area contributed by atoms with Crippen molar-refractivity contribution in [2.24, 2.45) is 5.92 Å². The fraction of sp³-hybridized carbons (Fsp3) is 0.269. The van der Waals surface area contributed by atoms with Crippen molar-refractivity contribution < 1.29 is 23.4 Å². The number of hydrogen-bond donors (Lipinski definition) is 3. The summed E-state index contributed by atoms with van der Waals surface area (Å²) in [7, 11) is -1.67. The summed E-state index contributed by atoms with van der Waals surface area (Å²) in [5, 5.41) is 9.66. The minimum Gasteiger partial charge on any atom is -0.478 e. The highest BCUT2D eigenvalue weighted by Crippen LogP contribution is 2.61. The van der Waals surface area contributed by atoms with Gasteiger partial charge in [-0.3, -0.25) is 9.11 Å². The van der Waals surface area contributed by atoms with Crippen molar-refractivity contribution in [1.29, 1.82) is 0 Å². The molecule has 3 N–H and O–H groups in total. The molecule has 3 aromatic carbocycles. The molecule has 5 rings (SSSR count). The van der Waals surface area contributed by atoms with Gasteiger partial charge in [-0.15, -0.1) is 10.8 Å². The van der Waals surface area contributed by atoms with Gasteiger partial charge in [-0.05, 0) is 60.7 Å². The van der Waals surface area contributed by atoms with Gasteiger partial charge in [0.2, 0.25) is 0 Å². The van der Waals surface area contributed by atoms with E-state index in [0.717, 1.165) is 31.0 Å². The molecule has 184 valence electrons. The normalized spacial score (nSPS) is 21.1. The predicted molar refractivity (Wildman–Crippen MR) is 137 cm³/mol. The lowest BCUT2D eigenvalue weighted by atomic mass is 9.79. The Hall–Kier alpha value is -2.62. The average molecular weight is 517 g/mol. The second kappa shape index (κ2) is 9.11. The first-order chi connectivity index (χ1) is 16.7. The van der Waals surface area contributed by atoms with Crippen LogP contribution in [0.15, 0.2) is 65.6 Å². The van der Waals surface area contributed by atoms with Crippen LogP contribution in [0.4, 0.5) is 15.8 Å². The molecule has 0 amide bonds. The molecule has 1 saturated carbocycles. The van der Waals surface area contributed by atoms with Crippen LogP contribution in [0.5, 0.6) is 0 Å². The zero-order valence-corrected chi connectivity index (χ0v) is 20.6. The van der Waals surface area contributed by atoms with Crippen molar-refractivity contribution >= 4 is 39.7 Å². The van der Waals surface area contributed by atoms with Gasteiger partial charge >= 0.3 is 5.97 Å². The van der Waals surface area contributed by atoms with Crippen LogP contribution in [0, 0.1) is 11.7 Å². The Morgan fingerprint density at radius 3 is 2.43 bits per heavy atom. The molecule has 1 aliphatic heterocycles. The maximum absolute atomic E-state index is 14.0. The molecular weight excluding hydrogens is 491 g/mol. The molecule has 0 aromatic heterocycles. The number of fused-ring (bicyclic) bond motifs is 1. The van der Waals surface area contributed by atoms with Crippen LogP contribution in [0.3, 0.4) is 0 Å². The van der Waals surface area contributed by atoms with E-state index in [4.69, 9.17) is 11.6 Å². The lowest BCUT2D eigenvalue weighted by molar-refractivity contribution is 0.0692. The van der Waals surface area contributed by atoms with Crippen LogP contribution >= 0.6 is 22.4 Å². The zero-order chi connectivity index (χ0) is 24.9. The third-order valence-electron chi connectivity index (χ3n) is 7.14. The fourth-order valence-electron chi connectivity index (χ4n) is 4.92. The highest BCUT2D eigenvalue weighted by Gasteiger charge is 2.42. The van der Waals surface area contributed by atoms with Crippen LogP contribution in [-0.4, -0.2) is 44.1 Å². The molecule has 1 unspecified atom stereocenters. The molecule has 2 aliphatic rings. The van der Waals surface area contributed by atoms with Crippen LogP contribution in [0.1, 0.15) is 29.6 Å². The van der Waals surface area contributed by atoms with Crippen molar-refractivity contribution in [1.82, 2.24) is 4.31 Å². The molecule has 35 heavy (non-hydrogen) atoms. The Kier molecular flexibility index (Phi) is 6.27. The summed E-state index contributed by atoms with van der Waals surface area (Å²) in [5.74, 6) is -1.90. The van der Waals surface area contributed by atoms with Crippen LogP contribution in [-0.2, 0) is 0 Å². The molecule has 1 heterocycles. The van der Waals surface area contributed by atoms with E-state index in [1.165, 1.54) is 12.1 Å². The van der Waals surface area contributed by atoms with E-state index in [9.17, 15) is 23.4 Å². The van der Waals surface area contributed by atoms with E-state index >= 15 is 0 Å². The van der Waals surface area contributed by atoms with Gasteiger partial charge < -0.3 is 10.0 Å². The third kappa shape index (κ3) is 4.19. The number of hydrogen-bond acceptors (Lipinski definition) is 5. The first-order valence-corrected chi connectivity index (χ1v) is 13.3. The van der Waals surface area contributed by atoms with E-state index in [1.54, 1.807) is 23.5 Å². The number of para-hydroxylation sites is 1. The summed E-state index contributed by atoms with van der Waals surface area (Å²) in [6.07, 6.45) is 3.19. The largest absolute Gasteiger partial charge is 0.478 e. The maximum Gasteiger partial charge on any atom is 0.338 e. The third-order valence-corrected chi connectivity index (χ3v) is 9.45. The summed E-state index contributed by atoms with van der Waals surface area (Å²) in [6.45, 7) is 0.559. The molecule has 1 aliphatic carbocycles. The number of halogens is 2. The van der Waals surface area contributed by atoms with E-state index in [2.05, 4.69) is 4.90 Å². The van der Waals surface area contributed by atoms with Crippen molar-refractivity contribution in [3.8, 4) is 11.1 Å². The number of rotatable bonds is 4. The second-order valence-electron chi connectivity index (χ2n) is 9.07. The molecule has 0 radical (unpaired) electrons. The second-order valence-corrected chi connectivity index (χ2v) is 11.5. The molecule has 1 fully saturated rings. The van der Waals surface area contributed by atoms with E-state index < -0.39 is 28.1 Å². The van der Waals surface area contributed by atoms with Crippen LogP contribution in [0.25, 0.3) is 11.1 Å². The fourth-order valence-corrected chi connectivity index (χ4v) is 6.84. The number of likely N-dealkylation sites (N-methyl/N-ethyl adjacent to an activating group) is 1. The van der Waals surface area contributed by atoms with Gasteiger partial charge in [-0.1, -0.05) is 42.3 Å². The summed E-state index contributed by atoms with van der Waals surface area (Å²) >= 11 is 6.70. The highest BCUT2D eigenvalue weighted by atomic mass is 35.5. The average Bonchev–Trinajstić information content (AvgIpc) is 2.87. The predicted octanol–water partition coefficient (Wildman–Crippen LogP) is 7.12. The van der Waals surface area contributed by atoms with Crippen molar-refractivity contribution in [3.05, 3.63) is 77.1 Å². The van der Waals surface area contributed by atoms with Gasteiger partial charge in [0.1, 0.15) is 5.82 Å². The smallest absolute Gasteiger partial charge is 0.338 e. The first-order valence-electron chi connectivity index (χ1n) is 11.4. The zero-order valence-electron chi connectivity index (χ0n) is 19.1. The van der Waals surface area contributed by atoms with E-state index in [-0.39, 0.29) is 6.04 Å².